The zero-order valence-electron chi connectivity index (χ0n) is 17.8. The number of nitrogens with one attached hydrogen (secondary N) is 2. The lowest BCUT2D eigenvalue weighted by Gasteiger charge is -2.11. The summed E-state index contributed by atoms with van der Waals surface area (Å²) in [6, 6.07) is 8.38. The quantitative estimate of drug-likeness (QED) is 0.493. The molecule has 0 fully saturated rings. The van der Waals surface area contributed by atoms with Gasteiger partial charge in [0.15, 0.2) is 6.61 Å². The summed E-state index contributed by atoms with van der Waals surface area (Å²) in [5.74, 6) is -2.52. The van der Waals surface area contributed by atoms with Crippen LogP contribution in [0.4, 0.5) is 24.5 Å². The molecule has 8 nitrogen and oxygen atoms in total. The molecule has 0 heterocycles. The number of amides is 2. The second-order valence-electron chi connectivity index (χ2n) is 6.87. The van der Waals surface area contributed by atoms with E-state index in [-0.39, 0.29) is 30.0 Å². The standard InChI is InChI=1S/C22H20ClF3N2O6/c1-33-21(32)13-5-8-15(9-6-13)27-19(30)12-34-20(31)4-2-3-18(29)28-17-11-14(22(24,25)26)7-10-16(17)23/h5-11H,2-4,12H2,1H3,(H,27,30)(H,28,29). The average molecular weight is 501 g/mol. The molecule has 2 amide bonds. The number of carbonyl (C=O) groups excluding carboxylic acids is 4. The van der Waals surface area contributed by atoms with Gasteiger partial charge in [0, 0.05) is 18.5 Å². The van der Waals surface area contributed by atoms with Crippen LogP contribution >= 0.6 is 11.6 Å². The van der Waals surface area contributed by atoms with Crippen molar-refractivity contribution in [1.82, 2.24) is 0 Å². The van der Waals surface area contributed by atoms with Crippen LogP contribution in [0.15, 0.2) is 42.5 Å². The van der Waals surface area contributed by atoms with Crippen molar-refractivity contribution in [2.75, 3.05) is 24.4 Å². The normalized spacial score (nSPS) is 10.9. The van der Waals surface area contributed by atoms with Crippen LogP contribution in [-0.4, -0.2) is 37.5 Å². The first-order valence-electron chi connectivity index (χ1n) is 9.80. The average Bonchev–Trinajstić information content (AvgIpc) is 2.78. The van der Waals surface area contributed by atoms with E-state index in [9.17, 15) is 32.3 Å². The van der Waals surface area contributed by atoms with Gasteiger partial charge in [0.05, 0.1) is 28.9 Å². The number of alkyl halides is 3. The lowest BCUT2D eigenvalue weighted by Crippen LogP contribution is -2.21. The number of hydrogen-bond donors (Lipinski definition) is 2. The predicted molar refractivity (Wildman–Crippen MR) is 116 cm³/mol. The largest absolute Gasteiger partial charge is 0.465 e. The smallest absolute Gasteiger partial charge is 0.416 e. The molecule has 2 aromatic rings. The highest BCUT2D eigenvalue weighted by Crippen LogP contribution is 2.33. The summed E-state index contributed by atoms with van der Waals surface area (Å²) in [6.45, 7) is -0.566. The van der Waals surface area contributed by atoms with E-state index >= 15 is 0 Å². The molecular weight excluding hydrogens is 481 g/mol. The summed E-state index contributed by atoms with van der Waals surface area (Å²) < 4.78 is 47.7. The Kier molecular flexibility index (Phi) is 9.43. The van der Waals surface area contributed by atoms with Crippen LogP contribution in [0, 0.1) is 0 Å². The number of benzene rings is 2. The SMILES string of the molecule is COC(=O)c1ccc(NC(=O)COC(=O)CCCC(=O)Nc2cc(C(F)(F)F)ccc2Cl)cc1. The molecule has 34 heavy (non-hydrogen) atoms. The minimum absolute atomic E-state index is 0.0395. The number of esters is 2. The molecule has 0 atom stereocenters. The number of methoxy groups -OCH3 is 1. The van der Waals surface area contributed by atoms with E-state index in [2.05, 4.69) is 15.4 Å². The molecule has 0 spiro atoms. The summed E-state index contributed by atoms with van der Waals surface area (Å²) in [4.78, 5) is 47.0. The zero-order valence-corrected chi connectivity index (χ0v) is 18.6. The molecule has 0 aromatic heterocycles. The molecule has 182 valence electrons. The van der Waals surface area contributed by atoms with Crippen molar-refractivity contribution in [2.24, 2.45) is 0 Å². The van der Waals surface area contributed by atoms with Gasteiger partial charge < -0.3 is 20.1 Å². The van der Waals surface area contributed by atoms with Gasteiger partial charge in [-0.3, -0.25) is 14.4 Å². The molecule has 2 aromatic carbocycles. The predicted octanol–water partition coefficient (Wildman–Crippen LogP) is 4.44. The van der Waals surface area contributed by atoms with Crippen molar-refractivity contribution in [1.29, 1.82) is 0 Å². The summed E-state index contributed by atoms with van der Waals surface area (Å²) >= 11 is 5.82. The van der Waals surface area contributed by atoms with Gasteiger partial charge in [0.1, 0.15) is 0 Å². The topological polar surface area (TPSA) is 111 Å². The van der Waals surface area contributed by atoms with Gasteiger partial charge in [-0.05, 0) is 48.9 Å². The molecule has 0 radical (unpaired) electrons. The Morgan fingerprint density at radius 2 is 1.62 bits per heavy atom. The fourth-order valence-electron chi connectivity index (χ4n) is 2.63. The third-order valence-electron chi connectivity index (χ3n) is 4.31. The number of halogens is 4. The van der Waals surface area contributed by atoms with E-state index in [4.69, 9.17) is 16.3 Å². The Morgan fingerprint density at radius 3 is 2.24 bits per heavy atom. The Morgan fingerprint density at radius 1 is 0.941 bits per heavy atom. The maximum atomic E-state index is 12.8. The molecule has 0 aliphatic rings. The Balaban J connectivity index is 1.72. The first-order valence-corrected chi connectivity index (χ1v) is 10.2. The van der Waals surface area contributed by atoms with E-state index in [1.54, 1.807) is 0 Å². The lowest BCUT2D eigenvalue weighted by atomic mass is 10.2. The van der Waals surface area contributed by atoms with Crippen molar-refractivity contribution in [3.63, 3.8) is 0 Å². The summed E-state index contributed by atoms with van der Waals surface area (Å²) in [6.07, 6.45) is -4.92. The molecule has 0 saturated heterocycles. The molecule has 0 bridgehead atoms. The summed E-state index contributed by atoms with van der Waals surface area (Å²) in [5, 5.41) is 4.69. The van der Waals surface area contributed by atoms with E-state index in [0.29, 0.717) is 11.3 Å². The summed E-state index contributed by atoms with van der Waals surface area (Å²) in [7, 11) is 1.24. The van der Waals surface area contributed by atoms with Crippen LogP contribution in [0.2, 0.25) is 5.02 Å². The van der Waals surface area contributed by atoms with Crippen LogP contribution in [0.25, 0.3) is 0 Å². The molecule has 2 N–H and O–H groups in total. The molecule has 12 heteroatoms. The Bertz CT molecular complexity index is 1060. The van der Waals surface area contributed by atoms with E-state index < -0.39 is 42.1 Å². The van der Waals surface area contributed by atoms with Gasteiger partial charge in [-0.25, -0.2) is 4.79 Å². The van der Waals surface area contributed by atoms with Crippen LogP contribution in [-0.2, 0) is 30.0 Å². The van der Waals surface area contributed by atoms with Crippen LogP contribution in [0.1, 0.15) is 35.2 Å². The third-order valence-corrected chi connectivity index (χ3v) is 4.64. The van der Waals surface area contributed by atoms with Gasteiger partial charge in [-0.2, -0.15) is 13.2 Å². The van der Waals surface area contributed by atoms with Gasteiger partial charge in [0.2, 0.25) is 5.91 Å². The van der Waals surface area contributed by atoms with Gasteiger partial charge in [-0.15, -0.1) is 0 Å². The minimum atomic E-state index is -4.59. The molecule has 0 aliphatic heterocycles. The molecular formula is C22H20ClF3N2O6. The minimum Gasteiger partial charge on any atom is -0.465 e. The van der Waals surface area contributed by atoms with Gasteiger partial charge >= 0.3 is 18.1 Å². The lowest BCUT2D eigenvalue weighted by molar-refractivity contribution is -0.147. The monoisotopic (exact) mass is 500 g/mol. The van der Waals surface area contributed by atoms with E-state index in [1.165, 1.54) is 31.4 Å². The molecule has 0 unspecified atom stereocenters. The maximum Gasteiger partial charge on any atom is 0.416 e. The highest BCUT2D eigenvalue weighted by molar-refractivity contribution is 6.33. The van der Waals surface area contributed by atoms with Crippen molar-refractivity contribution in [3.05, 3.63) is 58.6 Å². The first-order chi connectivity index (χ1) is 16.0. The highest BCUT2D eigenvalue weighted by atomic mass is 35.5. The van der Waals surface area contributed by atoms with Crippen molar-refractivity contribution in [3.8, 4) is 0 Å². The zero-order chi connectivity index (χ0) is 25.3. The number of anilines is 2. The van der Waals surface area contributed by atoms with Crippen LogP contribution < -0.4 is 10.6 Å². The van der Waals surface area contributed by atoms with Crippen molar-refractivity contribution >= 4 is 46.7 Å². The van der Waals surface area contributed by atoms with Crippen molar-refractivity contribution < 1.29 is 41.8 Å². The fourth-order valence-corrected chi connectivity index (χ4v) is 2.79. The van der Waals surface area contributed by atoms with Gasteiger partial charge in [-0.1, -0.05) is 11.6 Å². The molecule has 2 rings (SSSR count). The number of rotatable bonds is 9. The van der Waals surface area contributed by atoms with Crippen LogP contribution in [0.3, 0.4) is 0 Å². The number of hydrogen-bond acceptors (Lipinski definition) is 6. The van der Waals surface area contributed by atoms with Crippen molar-refractivity contribution in [2.45, 2.75) is 25.4 Å². The summed E-state index contributed by atoms with van der Waals surface area (Å²) in [5.41, 5.74) is -0.487. The molecule has 0 aliphatic carbocycles. The highest BCUT2D eigenvalue weighted by Gasteiger charge is 2.31. The maximum absolute atomic E-state index is 12.8. The third kappa shape index (κ3) is 8.39. The fraction of sp³-hybridized carbons (Fsp3) is 0.273. The second-order valence-corrected chi connectivity index (χ2v) is 7.28. The number of ether oxygens (including phenoxy) is 2. The molecule has 0 saturated carbocycles. The van der Waals surface area contributed by atoms with Crippen LogP contribution in [0.5, 0.6) is 0 Å². The Labute approximate surface area is 197 Å². The van der Waals surface area contributed by atoms with E-state index in [1.807, 2.05) is 0 Å². The second kappa shape index (κ2) is 12.0. The number of carbonyl (C=O) groups is 4. The van der Waals surface area contributed by atoms with E-state index in [0.717, 1.165) is 18.2 Å². The Hall–Kier alpha value is -3.60. The van der Waals surface area contributed by atoms with Gasteiger partial charge in [0.25, 0.3) is 5.91 Å². The first kappa shape index (κ1) is 26.7.